The maximum Gasteiger partial charge on any atom is 0.414 e. The summed E-state index contributed by atoms with van der Waals surface area (Å²) in [5.41, 5.74) is -1.06. The summed E-state index contributed by atoms with van der Waals surface area (Å²) in [5, 5.41) is 22.0. The van der Waals surface area contributed by atoms with Crippen molar-refractivity contribution in [3.05, 3.63) is 11.8 Å². The molecule has 6 heteroatoms. The molecule has 0 aliphatic rings. The van der Waals surface area contributed by atoms with Gasteiger partial charge in [0.15, 0.2) is 0 Å². The maximum absolute atomic E-state index is 11.2. The van der Waals surface area contributed by atoms with Gasteiger partial charge in [0.2, 0.25) is 5.88 Å². The van der Waals surface area contributed by atoms with Gasteiger partial charge in [-0.2, -0.15) is 5.26 Å². The van der Waals surface area contributed by atoms with Crippen LogP contribution in [-0.4, -0.2) is 21.9 Å². The molecule has 0 atom stereocenters. The lowest BCUT2D eigenvalue weighted by molar-refractivity contribution is 0.192. The smallest absolute Gasteiger partial charge is 0.414 e. The van der Waals surface area contributed by atoms with E-state index in [1.165, 1.54) is 6.07 Å². The Kier molecular flexibility index (Phi) is 3.38. The summed E-state index contributed by atoms with van der Waals surface area (Å²) < 4.78 is 5.05. The topological polar surface area (TPSA) is 90.4 Å². The van der Waals surface area contributed by atoms with Gasteiger partial charge in [-0.3, -0.25) is 0 Å². The second-order valence-corrected chi connectivity index (χ2v) is 5.58. The summed E-state index contributed by atoms with van der Waals surface area (Å²) in [4.78, 5) is 12.3. The minimum absolute atomic E-state index is 0.119. The molecule has 0 fully saturated rings. The Bertz CT molecular complexity index is 491. The van der Waals surface area contributed by atoms with E-state index in [9.17, 15) is 9.90 Å². The Morgan fingerprint density at radius 3 is 2.39 bits per heavy atom. The van der Waals surface area contributed by atoms with E-state index in [0.717, 1.165) is 4.90 Å². The number of carboxylic acid groups (broad SMARTS) is 1. The molecule has 1 rings (SSSR count). The molecule has 1 amide bonds. The van der Waals surface area contributed by atoms with Crippen LogP contribution < -0.4 is 4.90 Å². The van der Waals surface area contributed by atoms with Crippen LogP contribution in [0.5, 0.6) is 0 Å². The molecule has 6 nitrogen and oxygen atoms in total. The molecule has 0 saturated carbocycles. The van der Waals surface area contributed by atoms with Crippen LogP contribution in [0, 0.1) is 11.3 Å². The second-order valence-electron chi connectivity index (χ2n) is 5.58. The molecule has 0 saturated heterocycles. The van der Waals surface area contributed by atoms with Crippen molar-refractivity contribution in [3.8, 4) is 6.07 Å². The van der Waals surface area contributed by atoms with Crippen LogP contribution in [0.15, 0.2) is 10.6 Å². The summed E-state index contributed by atoms with van der Waals surface area (Å²) in [6.45, 7) is 8.63. The van der Waals surface area contributed by atoms with Crippen molar-refractivity contribution in [2.75, 3.05) is 4.90 Å². The zero-order valence-electron chi connectivity index (χ0n) is 11.2. The van der Waals surface area contributed by atoms with E-state index >= 15 is 0 Å². The number of rotatable bonds is 2. The van der Waals surface area contributed by atoms with Crippen molar-refractivity contribution in [2.45, 2.75) is 45.6 Å². The summed E-state index contributed by atoms with van der Waals surface area (Å²) in [6.07, 6.45) is -1.13. The summed E-state index contributed by atoms with van der Waals surface area (Å²) in [6, 6.07) is 3.58. The van der Waals surface area contributed by atoms with E-state index in [4.69, 9.17) is 9.78 Å². The fraction of sp³-hybridized carbons (Fsp3) is 0.583. The van der Waals surface area contributed by atoms with Gasteiger partial charge in [-0.1, -0.05) is 5.16 Å². The number of amides is 1. The third-order valence-electron chi connectivity index (χ3n) is 2.50. The monoisotopic (exact) mass is 251 g/mol. The van der Waals surface area contributed by atoms with Gasteiger partial charge in [-0.25, -0.2) is 9.69 Å². The number of hydrogen-bond acceptors (Lipinski definition) is 4. The predicted molar refractivity (Wildman–Crippen MR) is 65.4 cm³/mol. The maximum atomic E-state index is 11.2. The van der Waals surface area contributed by atoms with Gasteiger partial charge in [-0.15, -0.1) is 0 Å². The Balaban J connectivity index is 3.20. The third-order valence-corrected chi connectivity index (χ3v) is 2.50. The molecule has 0 radical (unpaired) electrons. The third kappa shape index (κ3) is 2.62. The van der Waals surface area contributed by atoms with Crippen LogP contribution in [-0.2, 0) is 5.41 Å². The number of nitriles is 1. The second kappa shape index (κ2) is 4.33. The lowest BCUT2D eigenvalue weighted by Gasteiger charge is -2.30. The first-order valence-corrected chi connectivity index (χ1v) is 5.51. The van der Waals surface area contributed by atoms with Crippen LogP contribution in [0.25, 0.3) is 0 Å². The quantitative estimate of drug-likeness (QED) is 0.872. The summed E-state index contributed by atoms with van der Waals surface area (Å²) >= 11 is 0. The standard InChI is InChI=1S/C12H17N3O3/c1-11(2,3)15(10(16)17)9-6-8(14-18-9)12(4,5)7-13/h6H,1-5H3,(H,16,17). The lowest BCUT2D eigenvalue weighted by atomic mass is 9.91. The summed E-state index contributed by atoms with van der Waals surface area (Å²) in [7, 11) is 0. The molecule has 1 aromatic rings. The van der Waals surface area contributed by atoms with Crippen molar-refractivity contribution in [2.24, 2.45) is 0 Å². The largest absolute Gasteiger partial charge is 0.465 e. The molecular weight excluding hydrogens is 234 g/mol. The van der Waals surface area contributed by atoms with Gasteiger partial charge in [0.1, 0.15) is 5.69 Å². The van der Waals surface area contributed by atoms with Crippen molar-refractivity contribution in [1.29, 1.82) is 5.26 Å². The Morgan fingerprint density at radius 1 is 1.44 bits per heavy atom. The predicted octanol–water partition coefficient (Wildman–Crippen LogP) is 2.76. The van der Waals surface area contributed by atoms with Gasteiger partial charge in [0, 0.05) is 11.6 Å². The van der Waals surface area contributed by atoms with Crippen molar-refractivity contribution >= 4 is 12.0 Å². The van der Waals surface area contributed by atoms with E-state index in [1.54, 1.807) is 34.6 Å². The molecule has 98 valence electrons. The van der Waals surface area contributed by atoms with Crippen molar-refractivity contribution in [3.63, 3.8) is 0 Å². The van der Waals surface area contributed by atoms with Crippen LogP contribution in [0.1, 0.15) is 40.3 Å². The highest BCUT2D eigenvalue weighted by Gasteiger charge is 2.33. The number of carbonyl (C=O) groups is 1. The molecule has 1 N–H and O–H groups in total. The van der Waals surface area contributed by atoms with Gasteiger partial charge >= 0.3 is 6.09 Å². The Labute approximate surface area is 106 Å². The molecule has 0 unspecified atom stereocenters. The van der Waals surface area contributed by atoms with Gasteiger partial charge in [0.05, 0.1) is 11.5 Å². The number of hydrogen-bond donors (Lipinski definition) is 1. The average Bonchev–Trinajstić information content (AvgIpc) is 2.64. The van der Waals surface area contributed by atoms with Gasteiger partial charge in [-0.05, 0) is 34.6 Å². The zero-order chi connectivity index (χ0) is 14.1. The van der Waals surface area contributed by atoms with Crippen LogP contribution in [0.3, 0.4) is 0 Å². The first-order chi connectivity index (χ1) is 8.09. The van der Waals surface area contributed by atoms with Crippen LogP contribution in [0.4, 0.5) is 10.7 Å². The fourth-order valence-electron chi connectivity index (χ4n) is 1.43. The minimum Gasteiger partial charge on any atom is -0.465 e. The number of aromatic nitrogens is 1. The Morgan fingerprint density at radius 2 is 2.00 bits per heavy atom. The van der Waals surface area contributed by atoms with E-state index in [0.29, 0.717) is 5.69 Å². The van der Waals surface area contributed by atoms with Crippen molar-refractivity contribution < 1.29 is 14.4 Å². The molecule has 1 aromatic heterocycles. The van der Waals surface area contributed by atoms with Gasteiger partial charge < -0.3 is 9.63 Å². The first kappa shape index (κ1) is 14.0. The molecule has 0 bridgehead atoms. The summed E-state index contributed by atoms with van der Waals surface area (Å²) in [5.74, 6) is 0.119. The van der Waals surface area contributed by atoms with E-state index in [-0.39, 0.29) is 5.88 Å². The molecule has 18 heavy (non-hydrogen) atoms. The van der Waals surface area contributed by atoms with Crippen LogP contribution in [0.2, 0.25) is 0 Å². The molecule has 0 aromatic carbocycles. The fourth-order valence-corrected chi connectivity index (χ4v) is 1.43. The number of anilines is 1. The lowest BCUT2D eigenvalue weighted by Crippen LogP contribution is -2.45. The normalized spacial score (nSPS) is 12.0. The number of nitrogens with zero attached hydrogens (tertiary/aromatic N) is 3. The highest BCUT2D eigenvalue weighted by Crippen LogP contribution is 2.29. The molecule has 0 spiro atoms. The zero-order valence-corrected chi connectivity index (χ0v) is 11.2. The van der Waals surface area contributed by atoms with E-state index in [2.05, 4.69) is 11.2 Å². The highest BCUT2D eigenvalue weighted by molar-refractivity contribution is 5.85. The van der Waals surface area contributed by atoms with E-state index in [1.807, 2.05) is 0 Å². The molecule has 0 aliphatic carbocycles. The van der Waals surface area contributed by atoms with Crippen molar-refractivity contribution in [1.82, 2.24) is 5.16 Å². The SMILES string of the molecule is CC(C)(C#N)c1cc(N(C(=O)O)C(C)(C)C)on1. The minimum atomic E-state index is -1.13. The Hall–Kier alpha value is -2.03. The molecular formula is C12H17N3O3. The molecule has 0 aliphatic heterocycles. The van der Waals surface area contributed by atoms with Crippen LogP contribution >= 0.6 is 0 Å². The molecule has 1 heterocycles. The highest BCUT2D eigenvalue weighted by atomic mass is 16.5. The van der Waals surface area contributed by atoms with Gasteiger partial charge in [0.25, 0.3) is 0 Å². The first-order valence-electron chi connectivity index (χ1n) is 5.51. The van der Waals surface area contributed by atoms with E-state index < -0.39 is 17.0 Å². The average molecular weight is 251 g/mol.